The highest BCUT2D eigenvalue weighted by molar-refractivity contribution is 5.75. The molecule has 0 radical (unpaired) electrons. The molecule has 0 fully saturated rings. The van der Waals surface area contributed by atoms with Gasteiger partial charge in [-0.2, -0.15) is 5.10 Å². The van der Waals surface area contributed by atoms with Gasteiger partial charge in [0.1, 0.15) is 6.54 Å². The molecule has 0 aliphatic rings. The van der Waals surface area contributed by atoms with Crippen LogP contribution in [0.4, 0.5) is 5.69 Å². The molecule has 1 amide bonds. The minimum absolute atomic E-state index is 0.0324. The second kappa shape index (κ2) is 5.50. The summed E-state index contributed by atoms with van der Waals surface area (Å²) in [4.78, 5) is 15.5. The molecule has 1 heterocycles. The van der Waals surface area contributed by atoms with Crippen LogP contribution in [0.15, 0.2) is 12.4 Å². The summed E-state index contributed by atoms with van der Waals surface area (Å²) in [6.07, 6.45) is 3.19. The van der Waals surface area contributed by atoms with E-state index in [1.54, 1.807) is 22.8 Å². The molecule has 0 bridgehead atoms. The summed E-state index contributed by atoms with van der Waals surface area (Å²) in [6, 6.07) is 0. The smallest absolute Gasteiger partial charge is 0.244 e. The van der Waals surface area contributed by atoms with E-state index >= 15 is 0 Å². The summed E-state index contributed by atoms with van der Waals surface area (Å²) in [5.41, 5.74) is 6.09. The van der Waals surface area contributed by atoms with Crippen LogP contribution in [0.25, 0.3) is 0 Å². The summed E-state index contributed by atoms with van der Waals surface area (Å²) in [6.45, 7) is 1.80. The van der Waals surface area contributed by atoms with Crippen LogP contribution in [0.3, 0.4) is 0 Å². The first-order chi connectivity index (χ1) is 7.49. The van der Waals surface area contributed by atoms with Crippen LogP contribution in [-0.4, -0.2) is 59.7 Å². The lowest BCUT2D eigenvalue weighted by Gasteiger charge is -2.19. The van der Waals surface area contributed by atoms with Gasteiger partial charge in [-0.1, -0.05) is 0 Å². The third-order valence-electron chi connectivity index (χ3n) is 2.26. The SMILES string of the molecule is CN(C)CCN(C)C(=O)Cn1cc(N)cn1. The Bertz CT molecular complexity index is 347. The molecule has 6 nitrogen and oxygen atoms in total. The Hall–Kier alpha value is -1.56. The number of hydrogen-bond donors (Lipinski definition) is 1. The number of nitrogens with zero attached hydrogens (tertiary/aromatic N) is 4. The number of aromatic nitrogens is 2. The number of carbonyl (C=O) groups excluding carboxylic acids is 1. The van der Waals surface area contributed by atoms with Gasteiger partial charge in [0.25, 0.3) is 0 Å². The van der Waals surface area contributed by atoms with Crippen molar-refractivity contribution in [1.29, 1.82) is 0 Å². The lowest BCUT2D eigenvalue weighted by molar-refractivity contribution is -0.130. The zero-order valence-corrected chi connectivity index (χ0v) is 10.1. The first-order valence-corrected chi connectivity index (χ1v) is 5.15. The first-order valence-electron chi connectivity index (χ1n) is 5.15. The molecule has 0 aromatic carbocycles. The van der Waals surface area contributed by atoms with E-state index in [9.17, 15) is 4.79 Å². The van der Waals surface area contributed by atoms with Crippen molar-refractivity contribution in [3.8, 4) is 0 Å². The summed E-state index contributed by atoms with van der Waals surface area (Å²) in [5, 5.41) is 3.97. The highest BCUT2D eigenvalue weighted by Crippen LogP contribution is 1.98. The second-order valence-electron chi connectivity index (χ2n) is 4.09. The van der Waals surface area contributed by atoms with Crippen LogP contribution < -0.4 is 5.73 Å². The third kappa shape index (κ3) is 3.90. The van der Waals surface area contributed by atoms with Crippen molar-refractivity contribution in [2.75, 3.05) is 40.0 Å². The lowest BCUT2D eigenvalue weighted by Crippen LogP contribution is -2.35. The number of amides is 1. The summed E-state index contributed by atoms with van der Waals surface area (Å²) < 4.78 is 1.55. The number of nitrogen functional groups attached to an aromatic ring is 1. The molecular weight excluding hydrogens is 206 g/mol. The summed E-state index contributed by atoms with van der Waals surface area (Å²) in [7, 11) is 5.75. The van der Waals surface area contributed by atoms with E-state index in [1.807, 2.05) is 19.0 Å². The van der Waals surface area contributed by atoms with E-state index in [2.05, 4.69) is 5.10 Å². The highest BCUT2D eigenvalue weighted by Gasteiger charge is 2.09. The topological polar surface area (TPSA) is 67.4 Å². The number of nitrogens with two attached hydrogens (primary N) is 1. The van der Waals surface area contributed by atoms with E-state index in [0.717, 1.165) is 6.54 Å². The van der Waals surface area contributed by atoms with Crippen molar-refractivity contribution in [2.45, 2.75) is 6.54 Å². The Labute approximate surface area is 95.6 Å². The van der Waals surface area contributed by atoms with Crippen molar-refractivity contribution in [3.63, 3.8) is 0 Å². The highest BCUT2D eigenvalue weighted by atomic mass is 16.2. The molecule has 0 aliphatic heterocycles. The average molecular weight is 225 g/mol. The van der Waals surface area contributed by atoms with Crippen LogP contribution in [0.1, 0.15) is 0 Å². The van der Waals surface area contributed by atoms with Crippen molar-refractivity contribution in [3.05, 3.63) is 12.4 Å². The van der Waals surface area contributed by atoms with Crippen LogP contribution in [0.5, 0.6) is 0 Å². The Morgan fingerprint density at radius 2 is 2.12 bits per heavy atom. The van der Waals surface area contributed by atoms with E-state index < -0.39 is 0 Å². The molecule has 0 unspecified atom stereocenters. The maximum Gasteiger partial charge on any atom is 0.244 e. The van der Waals surface area contributed by atoms with Gasteiger partial charge in [-0.15, -0.1) is 0 Å². The van der Waals surface area contributed by atoms with Gasteiger partial charge in [-0.25, -0.2) is 0 Å². The fourth-order valence-corrected chi connectivity index (χ4v) is 1.20. The number of carbonyl (C=O) groups is 1. The Morgan fingerprint density at radius 3 is 2.62 bits per heavy atom. The number of rotatable bonds is 5. The van der Waals surface area contributed by atoms with Gasteiger partial charge in [-0.3, -0.25) is 9.48 Å². The minimum atomic E-state index is 0.0324. The van der Waals surface area contributed by atoms with Gasteiger partial charge < -0.3 is 15.5 Å². The first kappa shape index (κ1) is 12.5. The minimum Gasteiger partial charge on any atom is -0.396 e. The molecule has 1 aromatic heterocycles. The molecule has 2 N–H and O–H groups in total. The quantitative estimate of drug-likeness (QED) is 0.732. The maximum absolute atomic E-state index is 11.7. The fraction of sp³-hybridized carbons (Fsp3) is 0.600. The maximum atomic E-state index is 11.7. The normalized spacial score (nSPS) is 10.8. The van der Waals surface area contributed by atoms with Gasteiger partial charge in [0.05, 0.1) is 11.9 Å². The van der Waals surface area contributed by atoms with Gasteiger partial charge in [-0.05, 0) is 14.1 Å². The van der Waals surface area contributed by atoms with Crippen LogP contribution >= 0.6 is 0 Å². The largest absolute Gasteiger partial charge is 0.396 e. The predicted octanol–water partition coefficient (Wildman–Crippen LogP) is -0.515. The molecule has 0 saturated carbocycles. The third-order valence-corrected chi connectivity index (χ3v) is 2.26. The zero-order valence-electron chi connectivity index (χ0n) is 10.1. The van der Waals surface area contributed by atoms with Gasteiger partial charge >= 0.3 is 0 Å². The van der Waals surface area contributed by atoms with Crippen LogP contribution in [0, 0.1) is 0 Å². The summed E-state index contributed by atoms with van der Waals surface area (Å²) >= 11 is 0. The van der Waals surface area contributed by atoms with E-state index in [1.165, 1.54) is 6.20 Å². The molecule has 1 rings (SSSR count). The Kier molecular flexibility index (Phi) is 4.30. The van der Waals surface area contributed by atoms with E-state index in [4.69, 9.17) is 5.73 Å². The van der Waals surface area contributed by atoms with E-state index in [-0.39, 0.29) is 12.5 Å². The second-order valence-corrected chi connectivity index (χ2v) is 4.09. The monoisotopic (exact) mass is 225 g/mol. The molecule has 0 spiro atoms. The zero-order chi connectivity index (χ0) is 12.1. The van der Waals surface area contributed by atoms with Gasteiger partial charge in [0.15, 0.2) is 0 Å². The Balaban J connectivity index is 2.39. The van der Waals surface area contributed by atoms with Crippen molar-refractivity contribution < 1.29 is 4.79 Å². The van der Waals surface area contributed by atoms with Gasteiger partial charge in [0.2, 0.25) is 5.91 Å². The molecule has 0 atom stereocenters. The molecule has 16 heavy (non-hydrogen) atoms. The lowest BCUT2D eigenvalue weighted by atomic mass is 10.4. The molecule has 0 aliphatic carbocycles. The van der Waals surface area contributed by atoms with Gasteiger partial charge in [0, 0.05) is 26.3 Å². The molecular formula is C10H19N5O. The van der Waals surface area contributed by atoms with Crippen molar-refractivity contribution >= 4 is 11.6 Å². The fourth-order valence-electron chi connectivity index (χ4n) is 1.20. The molecule has 1 aromatic rings. The average Bonchev–Trinajstić information content (AvgIpc) is 2.60. The summed E-state index contributed by atoms with van der Waals surface area (Å²) in [5.74, 6) is 0.0324. The van der Waals surface area contributed by atoms with Crippen molar-refractivity contribution in [1.82, 2.24) is 19.6 Å². The molecule has 6 heteroatoms. The van der Waals surface area contributed by atoms with Crippen molar-refractivity contribution in [2.24, 2.45) is 0 Å². The number of likely N-dealkylation sites (N-methyl/N-ethyl adjacent to an activating group) is 2. The Morgan fingerprint density at radius 1 is 1.44 bits per heavy atom. The van der Waals surface area contributed by atoms with Crippen LogP contribution in [0.2, 0.25) is 0 Å². The number of hydrogen-bond acceptors (Lipinski definition) is 4. The predicted molar refractivity (Wildman–Crippen MR) is 62.8 cm³/mol. The molecule has 90 valence electrons. The standard InChI is InChI=1S/C10H19N5O/c1-13(2)4-5-14(3)10(16)8-15-7-9(11)6-12-15/h6-7H,4-5,8,11H2,1-3H3. The van der Waals surface area contributed by atoms with Crippen LogP contribution in [-0.2, 0) is 11.3 Å². The number of anilines is 1. The van der Waals surface area contributed by atoms with E-state index in [0.29, 0.717) is 12.2 Å². The molecule has 0 saturated heterocycles.